The molecular weight excluding hydrogens is 230 g/mol. The summed E-state index contributed by atoms with van der Waals surface area (Å²) in [5.74, 6) is 0.975. The van der Waals surface area contributed by atoms with E-state index in [9.17, 15) is 4.79 Å². The Balaban J connectivity index is 2.40. The average Bonchev–Trinajstić information content (AvgIpc) is 2.76. The molecule has 3 aromatic rings. The smallest absolute Gasteiger partial charge is 0.268 e. The Labute approximate surface area is 103 Å². The number of para-hydroxylation sites is 1. The molecule has 1 aromatic carbocycles. The highest BCUT2D eigenvalue weighted by Crippen LogP contribution is 2.12. The molecule has 18 heavy (non-hydrogen) atoms. The van der Waals surface area contributed by atoms with Crippen LogP contribution in [0.5, 0.6) is 0 Å². The molecule has 0 spiro atoms. The number of hydrogen-bond acceptors (Lipinski definition) is 4. The van der Waals surface area contributed by atoms with Gasteiger partial charge >= 0.3 is 0 Å². The summed E-state index contributed by atoms with van der Waals surface area (Å²) in [6.45, 7) is 3.58. The van der Waals surface area contributed by atoms with Gasteiger partial charge in [0.1, 0.15) is 5.82 Å². The number of benzene rings is 1. The van der Waals surface area contributed by atoms with Gasteiger partial charge < -0.3 is 4.52 Å². The molecule has 3 rings (SSSR count). The van der Waals surface area contributed by atoms with Crippen molar-refractivity contribution in [2.24, 2.45) is 0 Å². The van der Waals surface area contributed by atoms with Gasteiger partial charge in [0.15, 0.2) is 0 Å². The van der Waals surface area contributed by atoms with Crippen molar-refractivity contribution in [3.63, 3.8) is 0 Å². The summed E-state index contributed by atoms with van der Waals surface area (Å²) >= 11 is 0. The highest BCUT2D eigenvalue weighted by atomic mass is 16.5. The number of nitrogens with zero attached hydrogens (tertiary/aromatic N) is 3. The molecule has 0 unspecified atom stereocenters. The molecule has 0 saturated heterocycles. The molecule has 0 aliphatic heterocycles. The summed E-state index contributed by atoms with van der Waals surface area (Å²) in [4.78, 5) is 16.8. The first-order valence-corrected chi connectivity index (χ1v) is 5.59. The lowest BCUT2D eigenvalue weighted by atomic mass is 10.2. The van der Waals surface area contributed by atoms with Gasteiger partial charge in [-0.15, -0.1) is 0 Å². The van der Waals surface area contributed by atoms with E-state index in [4.69, 9.17) is 4.52 Å². The largest absolute Gasteiger partial charge is 0.338 e. The minimum absolute atomic E-state index is 0.144. The van der Waals surface area contributed by atoms with Gasteiger partial charge in [0.2, 0.25) is 5.88 Å². The lowest BCUT2D eigenvalue weighted by Gasteiger charge is -2.06. The number of aryl methyl sites for hydroxylation is 2. The zero-order valence-corrected chi connectivity index (χ0v) is 10.0. The third-order valence-electron chi connectivity index (χ3n) is 2.78. The third kappa shape index (κ3) is 1.52. The molecule has 5 nitrogen and oxygen atoms in total. The van der Waals surface area contributed by atoms with Crippen molar-refractivity contribution in [1.29, 1.82) is 0 Å². The normalized spacial score (nSPS) is 11.0. The van der Waals surface area contributed by atoms with Crippen LogP contribution in [0.3, 0.4) is 0 Å². The zero-order chi connectivity index (χ0) is 12.7. The van der Waals surface area contributed by atoms with Gasteiger partial charge in [-0.1, -0.05) is 17.3 Å². The fraction of sp³-hybridized carbons (Fsp3) is 0.154. The molecule has 0 aliphatic rings. The van der Waals surface area contributed by atoms with Crippen LogP contribution in [0.15, 0.2) is 39.6 Å². The summed E-state index contributed by atoms with van der Waals surface area (Å²) in [6, 6.07) is 8.96. The van der Waals surface area contributed by atoms with Gasteiger partial charge in [0, 0.05) is 6.07 Å². The van der Waals surface area contributed by atoms with Crippen LogP contribution in [0, 0.1) is 13.8 Å². The van der Waals surface area contributed by atoms with Crippen molar-refractivity contribution in [3.8, 4) is 5.88 Å². The Kier molecular flexibility index (Phi) is 2.26. The fourth-order valence-corrected chi connectivity index (χ4v) is 1.96. The molecule has 0 fully saturated rings. The number of aromatic nitrogens is 3. The summed E-state index contributed by atoms with van der Waals surface area (Å²) in [6.07, 6.45) is 0. The van der Waals surface area contributed by atoms with Crippen LogP contribution in [0.4, 0.5) is 0 Å². The average molecular weight is 241 g/mol. The first-order valence-electron chi connectivity index (χ1n) is 5.59. The number of fused-ring (bicyclic) bond motifs is 1. The summed E-state index contributed by atoms with van der Waals surface area (Å²) < 4.78 is 6.57. The minimum Gasteiger partial charge on any atom is -0.338 e. The van der Waals surface area contributed by atoms with E-state index in [2.05, 4.69) is 10.1 Å². The highest BCUT2D eigenvalue weighted by molar-refractivity contribution is 5.77. The quantitative estimate of drug-likeness (QED) is 0.653. The van der Waals surface area contributed by atoms with Crippen molar-refractivity contribution in [2.75, 3.05) is 0 Å². The van der Waals surface area contributed by atoms with E-state index >= 15 is 0 Å². The van der Waals surface area contributed by atoms with Crippen LogP contribution in [0.2, 0.25) is 0 Å². The Morgan fingerprint density at radius 2 is 2.00 bits per heavy atom. The molecule has 0 atom stereocenters. The first kappa shape index (κ1) is 10.7. The van der Waals surface area contributed by atoms with Crippen LogP contribution >= 0.6 is 0 Å². The highest BCUT2D eigenvalue weighted by Gasteiger charge is 2.12. The van der Waals surface area contributed by atoms with Crippen LogP contribution in [-0.2, 0) is 0 Å². The maximum Gasteiger partial charge on any atom is 0.268 e. The molecule has 5 heteroatoms. The second-order valence-electron chi connectivity index (χ2n) is 4.12. The topological polar surface area (TPSA) is 60.9 Å². The van der Waals surface area contributed by atoms with E-state index in [0.29, 0.717) is 22.6 Å². The lowest BCUT2D eigenvalue weighted by molar-refractivity contribution is 0.397. The van der Waals surface area contributed by atoms with Crippen LogP contribution < -0.4 is 5.56 Å². The number of rotatable bonds is 1. The molecule has 0 saturated carbocycles. The van der Waals surface area contributed by atoms with Gasteiger partial charge in [0.05, 0.1) is 16.6 Å². The predicted octanol–water partition coefficient (Wildman–Crippen LogP) is 1.99. The standard InChI is InChI=1S/C13H11N3O2/c1-8-7-12(18-15-8)16-9(2)14-11-6-4-3-5-10(11)13(16)17/h3-7H,1-2H3. The molecule has 90 valence electrons. The molecule has 0 radical (unpaired) electrons. The first-order chi connectivity index (χ1) is 8.66. The fourth-order valence-electron chi connectivity index (χ4n) is 1.96. The van der Waals surface area contributed by atoms with Crippen molar-refractivity contribution in [1.82, 2.24) is 14.7 Å². The summed E-state index contributed by atoms with van der Waals surface area (Å²) in [7, 11) is 0. The van der Waals surface area contributed by atoms with Crippen LogP contribution in [-0.4, -0.2) is 14.7 Å². The maximum absolute atomic E-state index is 12.4. The van der Waals surface area contributed by atoms with Crippen molar-refractivity contribution >= 4 is 10.9 Å². The monoisotopic (exact) mass is 241 g/mol. The Morgan fingerprint density at radius 3 is 2.72 bits per heavy atom. The van der Waals surface area contributed by atoms with Crippen molar-refractivity contribution < 1.29 is 4.52 Å². The zero-order valence-electron chi connectivity index (χ0n) is 10.0. The second-order valence-corrected chi connectivity index (χ2v) is 4.12. The molecule has 0 aliphatic carbocycles. The minimum atomic E-state index is -0.144. The lowest BCUT2D eigenvalue weighted by Crippen LogP contribution is -2.21. The van der Waals surface area contributed by atoms with E-state index in [1.807, 2.05) is 25.1 Å². The molecule has 2 heterocycles. The van der Waals surface area contributed by atoms with Gasteiger partial charge in [0.25, 0.3) is 5.56 Å². The Hall–Kier alpha value is -2.43. The Morgan fingerprint density at radius 1 is 1.22 bits per heavy atom. The van der Waals surface area contributed by atoms with Gasteiger partial charge in [-0.3, -0.25) is 4.79 Å². The summed E-state index contributed by atoms with van der Waals surface area (Å²) in [5, 5.41) is 4.36. The van der Waals surface area contributed by atoms with Crippen molar-refractivity contribution in [2.45, 2.75) is 13.8 Å². The van der Waals surface area contributed by atoms with Crippen LogP contribution in [0.25, 0.3) is 16.8 Å². The van der Waals surface area contributed by atoms with Gasteiger partial charge in [-0.05, 0) is 26.0 Å². The predicted molar refractivity (Wildman–Crippen MR) is 66.9 cm³/mol. The van der Waals surface area contributed by atoms with E-state index < -0.39 is 0 Å². The van der Waals surface area contributed by atoms with Crippen LogP contribution in [0.1, 0.15) is 11.5 Å². The third-order valence-corrected chi connectivity index (χ3v) is 2.78. The summed E-state index contributed by atoms with van der Waals surface area (Å²) in [5.41, 5.74) is 1.27. The molecular formula is C13H11N3O2. The maximum atomic E-state index is 12.4. The van der Waals surface area contributed by atoms with E-state index in [1.54, 1.807) is 19.1 Å². The second kappa shape index (κ2) is 3.80. The SMILES string of the molecule is Cc1cc(-n2c(C)nc3ccccc3c2=O)on1. The number of hydrogen-bond donors (Lipinski definition) is 0. The van der Waals surface area contributed by atoms with Gasteiger partial charge in [-0.2, -0.15) is 0 Å². The molecule has 0 N–H and O–H groups in total. The molecule has 0 amide bonds. The molecule has 2 aromatic heterocycles. The van der Waals surface area contributed by atoms with Gasteiger partial charge in [-0.25, -0.2) is 9.55 Å². The van der Waals surface area contributed by atoms with E-state index in [-0.39, 0.29) is 5.56 Å². The van der Waals surface area contributed by atoms with Crippen molar-refractivity contribution in [3.05, 3.63) is 52.2 Å². The van der Waals surface area contributed by atoms with E-state index in [0.717, 1.165) is 5.69 Å². The molecule has 0 bridgehead atoms. The van der Waals surface area contributed by atoms with E-state index in [1.165, 1.54) is 4.57 Å². The Bertz CT molecular complexity index is 786.